The second-order valence-electron chi connectivity index (χ2n) is 5.39. The summed E-state index contributed by atoms with van der Waals surface area (Å²) >= 11 is 6.12. The van der Waals surface area contributed by atoms with Gasteiger partial charge in [-0.2, -0.15) is 0 Å². The topological polar surface area (TPSA) is 66.4 Å². The van der Waals surface area contributed by atoms with E-state index in [-0.39, 0.29) is 23.8 Å². The fraction of sp³-hybridized carbons (Fsp3) is 0.467. The summed E-state index contributed by atoms with van der Waals surface area (Å²) < 4.78 is 0. The van der Waals surface area contributed by atoms with Crippen LogP contribution in [0.15, 0.2) is 24.3 Å². The lowest BCUT2D eigenvalue weighted by molar-refractivity contribution is -0.142. The van der Waals surface area contributed by atoms with Crippen molar-refractivity contribution in [3.63, 3.8) is 0 Å². The molecule has 0 spiro atoms. The van der Waals surface area contributed by atoms with Crippen LogP contribution in [0, 0.1) is 11.8 Å². The Morgan fingerprint density at radius 1 is 1.35 bits per heavy atom. The fourth-order valence-electron chi connectivity index (χ4n) is 2.27. The minimum Gasteiger partial charge on any atom is -0.481 e. The maximum absolute atomic E-state index is 12.1. The lowest BCUT2D eigenvalue weighted by atomic mass is 10.0. The third-order valence-electron chi connectivity index (χ3n) is 3.94. The third-order valence-corrected chi connectivity index (χ3v) is 4.29. The number of carboxylic acid groups (broad SMARTS) is 1. The zero-order valence-electron chi connectivity index (χ0n) is 11.5. The highest BCUT2D eigenvalue weighted by molar-refractivity contribution is 6.31. The van der Waals surface area contributed by atoms with Crippen molar-refractivity contribution in [1.29, 1.82) is 0 Å². The molecule has 4 unspecified atom stereocenters. The van der Waals surface area contributed by atoms with E-state index < -0.39 is 11.9 Å². The summed E-state index contributed by atoms with van der Waals surface area (Å²) in [5, 5.41) is 12.4. The van der Waals surface area contributed by atoms with Crippen LogP contribution in [-0.4, -0.2) is 23.0 Å². The predicted molar refractivity (Wildman–Crippen MR) is 76.7 cm³/mol. The van der Waals surface area contributed by atoms with Crippen molar-refractivity contribution in [3.8, 4) is 0 Å². The Morgan fingerprint density at radius 3 is 2.60 bits per heavy atom. The van der Waals surface area contributed by atoms with Gasteiger partial charge in [-0.3, -0.25) is 9.59 Å². The van der Waals surface area contributed by atoms with Crippen LogP contribution >= 0.6 is 11.6 Å². The molecule has 0 aliphatic heterocycles. The molecular weight excluding hydrogens is 278 g/mol. The van der Waals surface area contributed by atoms with Crippen molar-refractivity contribution in [2.45, 2.75) is 32.2 Å². The van der Waals surface area contributed by atoms with Crippen LogP contribution in [0.1, 0.15) is 31.7 Å². The average Bonchev–Trinajstić information content (AvgIpc) is 3.18. The standard InChI is InChI=1S/C15H18ClNO3/c1-8(15(19)20)9(2)17-14(18)12-7-11(12)10-5-3-4-6-13(10)16/h3-6,8-9,11-12H,7H2,1-2H3,(H,17,18)(H,19,20). The third kappa shape index (κ3) is 3.12. The molecule has 0 heterocycles. The molecule has 1 aliphatic rings. The SMILES string of the molecule is CC(NC(=O)C1CC1c1ccccc1Cl)C(C)C(=O)O. The van der Waals surface area contributed by atoms with Gasteiger partial charge < -0.3 is 10.4 Å². The molecule has 0 bridgehead atoms. The van der Waals surface area contributed by atoms with Crippen LogP contribution in [0.25, 0.3) is 0 Å². The molecule has 0 aromatic heterocycles. The number of aliphatic carboxylic acids is 1. The average molecular weight is 296 g/mol. The van der Waals surface area contributed by atoms with Crippen molar-refractivity contribution in [3.05, 3.63) is 34.9 Å². The zero-order chi connectivity index (χ0) is 14.9. The molecule has 2 rings (SSSR count). The largest absolute Gasteiger partial charge is 0.481 e. The molecule has 20 heavy (non-hydrogen) atoms. The Balaban J connectivity index is 1.94. The lowest BCUT2D eigenvalue weighted by Gasteiger charge is -2.17. The Labute approximate surface area is 123 Å². The molecule has 1 fully saturated rings. The molecule has 1 saturated carbocycles. The van der Waals surface area contributed by atoms with Gasteiger partial charge in [-0.05, 0) is 37.8 Å². The number of carboxylic acids is 1. The molecule has 0 saturated heterocycles. The number of benzene rings is 1. The maximum atomic E-state index is 12.1. The smallest absolute Gasteiger partial charge is 0.308 e. The highest BCUT2D eigenvalue weighted by atomic mass is 35.5. The number of amides is 1. The van der Waals surface area contributed by atoms with Gasteiger partial charge in [0.2, 0.25) is 5.91 Å². The fourth-order valence-corrected chi connectivity index (χ4v) is 2.55. The van der Waals surface area contributed by atoms with Gasteiger partial charge in [-0.15, -0.1) is 0 Å². The van der Waals surface area contributed by atoms with Gasteiger partial charge >= 0.3 is 5.97 Å². The van der Waals surface area contributed by atoms with E-state index in [2.05, 4.69) is 5.32 Å². The predicted octanol–water partition coefficient (Wildman–Crippen LogP) is 2.67. The first-order valence-electron chi connectivity index (χ1n) is 6.69. The van der Waals surface area contributed by atoms with Crippen LogP contribution < -0.4 is 5.32 Å². The van der Waals surface area contributed by atoms with E-state index in [1.165, 1.54) is 0 Å². The number of halogens is 1. The van der Waals surface area contributed by atoms with Crippen LogP contribution in [-0.2, 0) is 9.59 Å². The quantitative estimate of drug-likeness (QED) is 0.877. The summed E-state index contributed by atoms with van der Waals surface area (Å²) in [6.07, 6.45) is 0.768. The molecule has 1 aromatic rings. The van der Waals surface area contributed by atoms with Crippen LogP contribution in [0.5, 0.6) is 0 Å². The molecule has 1 aromatic carbocycles. The monoisotopic (exact) mass is 295 g/mol. The second-order valence-corrected chi connectivity index (χ2v) is 5.80. The Bertz CT molecular complexity index is 532. The van der Waals surface area contributed by atoms with Crippen molar-refractivity contribution >= 4 is 23.5 Å². The summed E-state index contributed by atoms with van der Waals surface area (Å²) in [7, 11) is 0. The van der Waals surface area contributed by atoms with Crippen molar-refractivity contribution in [2.75, 3.05) is 0 Å². The first kappa shape index (κ1) is 14.9. The number of carbonyl (C=O) groups excluding carboxylic acids is 1. The van der Waals surface area contributed by atoms with E-state index >= 15 is 0 Å². The van der Waals surface area contributed by atoms with Crippen LogP contribution in [0.2, 0.25) is 5.02 Å². The highest BCUT2D eigenvalue weighted by Gasteiger charge is 2.45. The minimum atomic E-state index is -0.906. The molecule has 4 nitrogen and oxygen atoms in total. The van der Waals surface area contributed by atoms with Gasteiger partial charge in [0, 0.05) is 17.0 Å². The summed E-state index contributed by atoms with van der Waals surface area (Å²) in [5.41, 5.74) is 0.994. The van der Waals surface area contributed by atoms with Gasteiger partial charge in [-0.1, -0.05) is 29.8 Å². The first-order chi connectivity index (χ1) is 9.41. The molecule has 4 atom stereocenters. The number of rotatable bonds is 5. The molecule has 1 aliphatic carbocycles. The van der Waals surface area contributed by atoms with E-state index in [1.807, 2.05) is 24.3 Å². The van der Waals surface area contributed by atoms with Crippen LogP contribution in [0.3, 0.4) is 0 Å². The molecule has 1 amide bonds. The molecule has 108 valence electrons. The van der Waals surface area contributed by atoms with Crippen molar-refractivity contribution < 1.29 is 14.7 Å². The van der Waals surface area contributed by atoms with Crippen molar-refractivity contribution in [1.82, 2.24) is 5.32 Å². The highest BCUT2D eigenvalue weighted by Crippen LogP contribution is 2.49. The summed E-state index contributed by atoms with van der Waals surface area (Å²) in [6.45, 7) is 3.30. The van der Waals surface area contributed by atoms with E-state index in [1.54, 1.807) is 13.8 Å². The zero-order valence-corrected chi connectivity index (χ0v) is 12.2. The summed E-state index contributed by atoms with van der Waals surface area (Å²) in [6, 6.07) is 7.14. The number of carbonyl (C=O) groups is 2. The van der Waals surface area contributed by atoms with Crippen LogP contribution in [0.4, 0.5) is 0 Å². The molecule has 0 radical (unpaired) electrons. The van der Waals surface area contributed by atoms with Crippen molar-refractivity contribution in [2.24, 2.45) is 11.8 Å². The number of hydrogen-bond acceptors (Lipinski definition) is 2. The van der Waals surface area contributed by atoms with E-state index in [9.17, 15) is 9.59 Å². The Hall–Kier alpha value is -1.55. The molecule has 2 N–H and O–H groups in total. The Morgan fingerprint density at radius 2 is 2.00 bits per heavy atom. The van der Waals surface area contributed by atoms with E-state index in [0.29, 0.717) is 5.02 Å². The molecule has 5 heteroatoms. The maximum Gasteiger partial charge on any atom is 0.308 e. The van der Waals surface area contributed by atoms with Gasteiger partial charge in [-0.25, -0.2) is 0 Å². The summed E-state index contributed by atoms with van der Waals surface area (Å²) in [5.74, 6) is -1.54. The first-order valence-corrected chi connectivity index (χ1v) is 7.07. The van der Waals surface area contributed by atoms with E-state index in [4.69, 9.17) is 16.7 Å². The normalized spacial score (nSPS) is 23.8. The second kappa shape index (κ2) is 5.83. The number of hydrogen-bond donors (Lipinski definition) is 2. The Kier molecular flexibility index (Phi) is 4.33. The minimum absolute atomic E-state index is 0.0875. The van der Waals surface area contributed by atoms with Gasteiger partial charge in [0.25, 0.3) is 0 Å². The van der Waals surface area contributed by atoms with Gasteiger partial charge in [0.05, 0.1) is 5.92 Å². The van der Waals surface area contributed by atoms with Gasteiger partial charge in [0.1, 0.15) is 0 Å². The van der Waals surface area contributed by atoms with E-state index in [0.717, 1.165) is 12.0 Å². The summed E-state index contributed by atoms with van der Waals surface area (Å²) in [4.78, 5) is 23.0. The molecular formula is C15H18ClNO3. The van der Waals surface area contributed by atoms with Gasteiger partial charge in [0.15, 0.2) is 0 Å². The lowest BCUT2D eigenvalue weighted by Crippen LogP contribution is -2.40. The number of nitrogens with one attached hydrogen (secondary N) is 1.